The van der Waals surface area contributed by atoms with E-state index in [0.717, 1.165) is 0 Å². The second-order valence-electron chi connectivity index (χ2n) is 5.04. The first kappa shape index (κ1) is 18.3. The normalized spacial score (nSPS) is 11.3. The number of amides is 1. The summed E-state index contributed by atoms with van der Waals surface area (Å²) < 4.78 is 28.5. The minimum absolute atomic E-state index is 0.0643. The minimum Gasteiger partial charge on any atom is -0.495 e. The molecule has 1 atom stereocenters. The summed E-state index contributed by atoms with van der Waals surface area (Å²) in [5.41, 5.74) is 0.459. The fourth-order valence-corrected chi connectivity index (χ4v) is 1.97. The average Bonchev–Trinajstić information content (AvgIpc) is 2.61. The van der Waals surface area contributed by atoms with E-state index in [0.29, 0.717) is 11.4 Å². The van der Waals surface area contributed by atoms with Crippen molar-refractivity contribution in [3.8, 4) is 11.5 Å². The molecule has 2 rings (SSSR count). The number of para-hydroxylation sites is 3. The van der Waals surface area contributed by atoms with Crippen LogP contribution in [-0.4, -0.2) is 31.7 Å². The van der Waals surface area contributed by atoms with E-state index in [4.69, 9.17) is 14.2 Å². The standard InChI is InChI=1S/C18H18FNO5/c1-12(18(22)20-14-8-4-6-10-16(14)23-2)25-17(21)11-24-15-9-5-3-7-13(15)19/h3-10,12H,11H2,1-2H3,(H,20,22)/t12-/m1/s1. The minimum atomic E-state index is -1.05. The van der Waals surface area contributed by atoms with Crippen molar-refractivity contribution in [2.75, 3.05) is 19.0 Å². The van der Waals surface area contributed by atoms with E-state index >= 15 is 0 Å². The molecule has 2 aromatic carbocycles. The average molecular weight is 347 g/mol. The smallest absolute Gasteiger partial charge is 0.344 e. The highest BCUT2D eigenvalue weighted by molar-refractivity contribution is 5.96. The molecule has 0 bridgehead atoms. The molecular formula is C18H18FNO5. The Balaban J connectivity index is 1.86. The Hall–Kier alpha value is -3.09. The molecule has 7 heteroatoms. The lowest BCUT2D eigenvalue weighted by atomic mass is 10.2. The summed E-state index contributed by atoms with van der Waals surface area (Å²) in [6.07, 6.45) is -1.05. The number of anilines is 1. The van der Waals surface area contributed by atoms with Crippen molar-refractivity contribution in [2.45, 2.75) is 13.0 Å². The van der Waals surface area contributed by atoms with Crippen LogP contribution < -0.4 is 14.8 Å². The lowest BCUT2D eigenvalue weighted by Gasteiger charge is -2.15. The number of benzene rings is 2. The van der Waals surface area contributed by atoms with Crippen LogP contribution in [0.1, 0.15) is 6.92 Å². The van der Waals surface area contributed by atoms with Crippen LogP contribution in [0.25, 0.3) is 0 Å². The van der Waals surface area contributed by atoms with Crippen molar-refractivity contribution >= 4 is 17.6 Å². The SMILES string of the molecule is COc1ccccc1NC(=O)[C@@H](C)OC(=O)COc1ccccc1F. The fraction of sp³-hybridized carbons (Fsp3) is 0.222. The molecule has 0 radical (unpaired) electrons. The van der Waals surface area contributed by atoms with Gasteiger partial charge in [-0.25, -0.2) is 9.18 Å². The predicted molar refractivity (Wildman–Crippen MR) is 89.1 cm³/mol. The lowest BCUT2D eigenvalue weighted by Crippen LogP contribution is -2.31. The molecule has 0 aromatic heterocycles. The molecule has 0 saturated heterocycles. The van der Waals surface area contributed by atoms with Gasteiger partial charge >= 0.3 is 5.97 Å². The lowest BCUT2D eigenvalue weighted by molar-refractivity contribution is -0.155. The third kappa shape index (κ3) is 5.20. The molecule has 0 heterocycles. The highest BCUT2D eigenvalue weighted by Crippen LogP contribution is 2.23. The molecule has 6 nitrogen and oxygen atoms in total. The maximum atomic E-state index is 13.4. The number of methoxy groups -OCH3 is 1. The van der Waals surface area contributed by atoms with Gasteiger partial charge in [0.05, 0.1) is 12.8 Å². The van der Waals surface area contributed by atoms with Crippen LogP contribution in [0.2, 0.25) is 0 Å². The van der Waals surface area contributed by atoms with Crippen molar-refractivity contribution in [1.29, 1.82) is 0 Å². The van der Waals surface area contributed by atoms with Gasteiger partial charge in [0, 0.05) is 0 Å². The van der Waals surface area contributed by atoms with Crippen molar-refractivity contribution in [3.05, 3.63) is 54.3 Å². The van der Waals surface area contributed by atoms with Crippen LogP contribution >= 0.6 is 0 Å². The molecular weight excluding hydrogens is 329 g/mol. The largest absolute Gasteiger partial charge is 0.495 e. The zero-order valence-electron chi connectivity index (χ0n) is 13.8. The van der Waals surface area contributed by atoms with Gasteiger partial charge in [-0.3, -0.25) is 4.79 Å². The molecule has 1 amide bonds. The molecule has 2 aromatic rings. The van der Waals surface area contributed by atoms with Crippen molar-refractivity contribution in [3.63, 3.8) is 0 Å². The molecule has 1 N–H and O–H groups in total. The topological polar surface area (TPSA) is 73.9 Å². The summed E-state index contributed by atoms with van der Waals surface area (Å²) in [6.45, 7) is 0.916. The molecule has 0 fully saturated rings. The zero-order valence-corrected chi connectivity index (χ0v) is 13.8. The molecule has 25 heavy (non-hydrogen) atoms. The number of carbonyl (C=O) groups is 2. The van der Waals surface area contributed by atoms with Gasteiger partial charge in [-0.2, -0.15) is 0 Å². The predicted octanol–water partition coefficient (Wildman–Crippen LogP) is 2.78. The zero-order chi connectivity index (χ0) is 18.2. The van der Waals surface area contributed by atoms with Gasteiger partial charge in [0.15, 0.2) is 24.3 Å². The number of rotatable bonds is 7. The van der Waals surface area contributed by atoms with E-state index in [1.165, 1.54) is 32.2 Å². The van der Waals surface area contributed by atoms with E-state index in [9.17, 15) is 14.0 Å². The number of nitrogens with one attached hydrogen (secondary N) is 1. The van der Waals surface area contributed by atoms with Gasteiger partial charge in [0.25, 0.3) is 5.91 Å². The number of hydrogen-bond acceptors (Lipinski definition) is 5. The molecule has 132 valence electrons. The Morgan fingerprint density at radius 2 is 1.72 bits per heavy atom. The summed E-state index contributed by atoms with van der Waals surface area (Å²) in [4.78, 5) is 23.8. The number of esters is 1. The van der Waals surface area contributed by atoms with Gasteiger partial charge in [0.2, 0.25) is 0 Å². The van der Waals surface area contributed by atoms with E-state index < -0.39 is 30.4 Å². The Bertz CT molecular complexity index is 750. The first-order valence-electron chi connectivity index (χ1n) is 7.52. The fourth-order valence-electron chi connectivity index (χ4n) is 1.97. The van der Waals surface area contributed by atoms with Gasteiger partial charge < -0.3 is 19.5 Å². The monoisotopic (exact) mass is 347 g/mol. The summed E-state index contributed by atoms with van der Waals surface area (Å²) in [5.74, 6) is -1.48. The summed E-state index contributed by atoms with van der Waals surface area (Å²) in [6, 6.07) is 12.5. The van der Waals surface area contributed by atoms with Crippen LogP contribution in [-0.2, 0) is 14.3 Å². The van der Waals surface area contributed by atoms with Crippen LogP contribution in [0.5, 0.6) is 11.5 Å². The van der Waals surface area contributed by atoms with Crippen molar-refractivity contribution < 1.29 is 28.2 Å². The van der Waals surface area contributed by atoms with Crippen molar-refractivity contribution in [1.82, 2.24) is 0 Å². The number of carbonyl (C=O) groups excluding carboxylic acids is 2. The highest BCUT2D eigenvalue weighted by atomic mass is 19.1. The first-order chi connectivity index (χ1) is 12.0. The summed E-state index contributed by atoms with van der Waals surface area (Å²) in [7, 11) is 1.48. The summed E-state index contributed by atoms with van der Waals surface area (Å²) in [5, 5.41) is 2.61. The van der Waals surface area contributed by atoms with E-state index in [2.05, 4.69) is 5.32 Å². The number of ether oxygens (including phenoxy) is 3. The van der Waals surface area contributed by atoms with Crippen molar-refractivity contribution in [2.24, 2.45) is 0 Å². The maximum Gasteiger partial charge on any atom is 0.344 e. The molecule has 0 aliphatic carbocycles. The Morgan fingerprint density at radius 3 is 2.40 bits per heavy atom. The molecule has 0 aliphatic heterocycles. The quantitative estimate of drug-likeness (QED) is 0.780. The van der Waals surface area contributed by atoms with Gasteiger partial charge in [-0.05, 0) is 31.2 Å². The molecule has 0 unspecified atom stereocenters. The van der Waals surface area contributed by atoms with Crippen LogP contribution in [0.15, 0.2) is 48.5 Å². The van der Waals surface area contributed by atoms with Gasteiger partial charge in [-0.1, -0.05) is 24.3 Å². The molecule has 0 aliphatic rings. The molecule has 0 saturated carbocycles. The third-order valence-corrected chi connectivity index (χ3v) is 3.22. The van der Waals surface area contributed by atoms with E-state index in [1.807, 2.05) is 0 Å². The van der Waals surface area contributed by atoms with E-state index in [-0.39, 0.29) is 5.75 Å². The molecule has 0 spiro atoms. The van der Waals surface area contributed by atoms with Crippen LogP contribution in [0, 0.1) is 5.82 Å². The number of hydrogen-bond donors (Lipinski definition) is 1. The van der Waals surface area contributed by atoms with Crippen LogP contribution in [0.4, 0.5) is 10.1 Å². The summed E-state index contributed by atoms with van der Waals surface area (Å²) >= 11 is 0. The second-order valence-corrected chi connectivity index (χ2v) is 5.04. The maximum absolute atomic E-state index is 13.4. The van der Waals surface area contributed by atoms with Gasteiger partial charge in [0.1, 0.15) is 5.75 Å². The third-order valence-electron chi connectivity index (χ3n) is 3.22. The Kier molecular flexibility index (Phi) is 6.33. The Labute approximate surface area is 144 Å². The van der Waals surface area contributed by atoms with E-state index in [1.54, 1.807) is 30.3 Å². The number of halogens is 1. The second kappa shape index (κ2) is 8.68. The highest BCUT2D eigenvalue weighted by Gasteiger charge is 2.19. The van der Waals surface area contributed by atoms with Crippen LogP contribution in [0.3, 0.4) is 0 Å². The van der Waals surface area contributed by atoms with Gasteiger partial charge in [-0.15, -0.1) is 0 Å². The first-order valence-corrected chi connectivity index (χ1v) is 7.52. The Morgan fingerprint density at radius 1 is 1.08 bits per heavy atom.